The summed E-state index contributed by atoms with van der Waals surface area (Å²) in [4.78, 5) is 0. The maximum Gasteiger partial charge on any atom is -0.0143 e. The van der Waals surface area contributed by atoms with Crippen molar-refractivity contribution in [1.29, 1.82) is 0 Å². The van der Waals surface area contributed by atoms with Crippen LogP contribution in [0.1, 0.15) is 25.3 Å². The second-order valence-corrected chi connectivity index (χ2v) is 7.32. The molecule has 0 aliphatic carbocycles. The fourth-order valence-electron chi connectivity index (χ4n) is 4.00. The normalized spacial score (nSPS) is 12.0. The number of hydrogen-bond acceptors (Lipinski definition) is 0. The maximum absolute atomic E-state index is 2.37. The molecule has 0 aliphatic rings. The van der Waals surface area contributed by atoms with E-state index in [1.807, 2.05) is 0 Å². The van der Waals surface area contributed by atoms with Crippen LogP contribution in [0.25, 0.3) is 43.1 Å². The average Bonchev–Trinajstić information content (AvgIpc) is 2.62. The lowest BCUT2D eigenvalue weighted by Crippen LogP contribution is -1.89. The van der Waals surface area contributed by atoms with E-state index in [-0.39, 0.29) is 0 Å². The molecule has 0 heterocycles. The Bertz CT molecular complexity index is 1260. The molecule has 5 aromatic rings. The quantitative estimate of drug-likeness (QED) is 0.282. The average molecular weight is 320 g/mol. The largest absolute Gasteiger partial charge is 0.0616 e. The first-order valence-electron chi connectivity index (χ1n) is 8.98. The topological polar surface area (TPSA) is 0 Å². The standard InChI is InChI=1S/C25H20/c1-16(2)24-9-5-8-19-12-22-13-20-10-17-6-3-4-7-18(17)11-21(20)14-23(22)15-25(19)24/h3-16H,1-2H3. The Morgan fingerprint density at radius 1 is 0.480 bits per heavy atom. The zero-order valence-electron chi connectivity index (χ0n) is 14.6. The Morgan fingerprint density at radius 3 is 1.56 bits per heavy atom. The summed E-state index contributed by atoms with van der Waals surface area (Å²) in [6, 6.07) is 29.3. The van der Waals surface area contributed by atoms with Gasteiger partial charge in [-0.2, -0.15) is 0 Å². The summed E-state index contributed by atoms with van der Waals surface area (Å²) in [6.45, 7) is 4.54. The monoisotopic (exact) mass is 320 g/mol. The molecule has 0 amide bonds. The molecular formula is C25H20. The van der Waals surface area contributed by atoms with Gasteiger partial charge in [-0.25, -0.2) is 0 Å². The second kappa shape index (κ2) is 5.32. The summed E-state index contributed by atoms with van der Waals surface area (Å²) in [5.41, 5.74) is 1.43. The van der Waals surface area contributed by atoms with Crippen LogP contribution in [0.15, 0.2) is 78.9 Å². The van der Waals surface area contributed by atoms with Gasteiger partial charge < -0.3 is 0 Å². The summed E-state index contributed by atoms with van der Waals surface area (Å²) >= 11 is 0. The molecule has 0 aromatic heterocycles. The fourth-order valence-corrected chi connectivity index (χ4v) is 4.00. The van der Waals surface area contributed by atoms with Gasteiger partial charge in [-0.3, -0.25) is 0 Å². The first kappa shape index (κ1) is 14.5. The Kier molecular flexibility index (Phi) is 3.08. The van der Waals surface area contributed by atoms with Gasteiger partial charge >= 0.3 is 0 Å². The van der Waals surface area contributed by atoms with E-state index in [2.05, 4.69) is 92.7 Å². The molecule has 0 saturated carbocycles. The summed E-state index contributed by atoms with van der Waals surface area (Å²) in [5, 5.41) is 10.6. The Morgan fingerprint density at radius 2 is 0.960 bits per heavy atom. The highest BCUT2D eigenvalue weighted by Gasteiger charge is 2.07. The molecule has 0 N–H and O–H groups in total. The van der Waals surface area contributed by atoms with Crippen LogP contribution in [0.2, 0.25) is 0 Å². The van der Waals surface area contributed by atoms with Gasteiger partial charge in [0.1, 0.15) is 0 Å². The number of rotatable bonds is 1. The van der Waals surface area contributed by atoms with E-state index in [1.54, 1.807) is 0 Å². The molecule has 0 radical (unpaired) electrons. The molecular weight excluding hydrogens is 300 g/mol. The van der Waals surface area contributed by atoms with Gasteiger partial charge in [-0.1, -0.05) is 56.3 Å². The molecule has 0 spiro atoms. The Balaban J connectivity index is 1.88. The highest BCUT2D eigenvalue weighted by molar-refractivity contribution is 6.08. The summed E-state index contributed by atoms with van der Waals surface area (Å²) < 4.78 is 0. The van der Waals surface area contributed by atoms with E-state index < -0.39 is 0 Å². The van der Waals surface area contributed by atoms with Crippen molar-refractivity contribution in [3.8, 4) is 0 Å². The molecule has 0 bridgehead atoms. The molecule has 120 valence electrons. The van der Waals surface area contributed by atoms with Gasteiger partial charge in [-0.05, 0) is 91.0 Å². The number of fused-ring (bicyclic) bond motifs is 4. The van der Waals surface area contributed by atoms with Crippen LogP contribution in [0.3, 0.4) is 0 Å². The van der Waals surface area contributed by atoms with Crippen molar-refractivity contribution in [3.63, 3.8) is 0 Å². The molecule has 0 unspecified atom stereocenters. The first-order valence-corrected chi connectivity index (χ1v) is 8.98. The third-order valence-corrected chi connectivity index (χ3v) is 5.31. The van der Waals surface area contributed by atoms with Crippen molar-refractivity contribution in [3.05, 3.63) is 84.4 Å². The van der Waals surface area contributed by atoms with Crippen LogP contribution >= 0.6 is 0 Å². The molecule has 0 saturated heterocycles. The molecule has 0 nitrogen and oxygen atoms in total. The van der Waals surface area contributed by atoms with Gasteiger partial charge in [0, 0.05) is 0 Å². The van der Waals surface area contributed by atoms with E-state index in [4.69, 9.17) is 0 Å². The SMILES string of the molecule is CC(C)c1cccc2cc3cc4cc5ccccc5cc4cc3cc12. The zero-order chi connectivity index (χ0) is 17.0. The van der Waals surface area contributed by atoms with Crippen LogP contribution in [0, 0.1) is 0 Å². The third kappa shape index (κ3) is 2.29. The predicted octanol–water partition coefficient (Wildman–Crippen LogP) is 7.42. The van der Waals surface area contributed by atoms with Crippen LogP contribution in [0.4, 0.5) is 0 Å². The lowest BCUT2D eigenvalue weighted by atomic mass is 9.92. The minimum atomic E-state index is 0.533. The van der Waals surface area contributed by atoms with Crippen molar-refractivity contribution in [2.24, 2.45) is 0 Å². The number of hydrogen-bond donors (Lipinski definition) is 0. The van der Waals surface area contributed by atoms with E-state index in [0.717, 1.165) is 0 Å². The van der Waals surface area contributed by atoms with Gasteiger partial charge in [0.25, 0.3) is 0 Å². The van der Waals surface area contributed by atoms with Crippen LogP contribution in [0.5, 0.6) is 0 Å². The molecule has 0 atom stereocenters. The third-order valence-electron chi connectivity index (χ3n) is 5.31. The minimum absolute atomic E-state index is 0.533. The van der Waals surface area contributed by atoms with Gasteiger partial charge in [-0.15, -0.1) is 0 Å². The smallest absolute Gasteiger partial charge is 0.0143 e. The summed E-state index contributed by atoms with van der Waals surface area (Å²) in [7, 11) is 0. The van der Waals surface area contributed by atoms with Crippen molar-refractivity contribution in [2.45, 2.75) is 19.8 Å². The molecule has 5 rings (SSSR count). The second-order valence-electron chi connectivity index (χ2n) is 7.32. The van der Waals surface area contributed by atoms with E-state index >= 15 is 0 Å². The Labute approximate surface area is 147 Å². The highest BCUT2D eigenvalue weighted by atomic mass is 14.1. The van der Waals surface area contributed by atoms with Crippen LogP contribution < -0.4 is 0 Å². The molecule has 25 heavy (non-hydrogen) atoms. The van der Waals surface area contributed by atoms with Crippen molar-refractivity contribution in [1.82, 2.24) is 0 Å². The highest BCUT2D eigenvalue weighted by Crippen LogP contribution is 2.32. The fraction of sp³-hybridized carbons (Fsp3) is 0.120. The lowest BCUT2D eigenvalue weighted by molar-refractivity contribution is 0.876. The lowest BCUT2D eigenvalue weighted by Gasteiger charge is -2.12. The summed E-state index contributed by atoms with van der Waals surface area (Å²) in [6.07, 6.45) is 0. The van der Waals surface area contributed by atoms with Crippen LogP contribution in [-0.2, 0) is 0 Å². The van der Waals surface area contributed by atoms with Crippen LogP contribution in [-0.4, -0.2) is 0 Å². The minimum Gasteiger partial charge on any atom is -0.0616 e. The van der Waals surface area contributed by atoms with Gasteiger partial charge in [0.05, 0.1) is 0 Å². The molecule has 0 heteroatoms. The molecule has 0 aliphatic heterocycles. The van der Waals surface area contributed by atoms with Crippen molar-refractivity contribution >= 4 is 43.1 Å². The van der Waals surface area contributed by atoms with E-state index in [9.17, 15) is 0 Å². The van der Waals surface area contributed by atoms with E-state index in [1.165, 1.54) is 48.7 Å². The van der Waals surface area contributed by atoms with Gasteiger partial charge in [0.2, 0.25) is 0 Å². The molecule has 5 aromatic carbocycles. The number of benzene rings is 5. The van der Waals surface area contributed by atoms with Gasteiger partial charge in [0.15, 0.2) is 0 Å². The maximum atomic E-state index is 2.37. The van der Waals surface area contributed by atoms with E-state index in [0.29, 0.717) is 5.92 Å². The zero-order valence-corrected chi connectivity index (χ0v) is 14.6. The predicted molar refractivity (Wildman–Crippen MR) is 111 cm³/mol. The Hall–Kier alpha value is -2.86. The van der Waals surface area contributed by atoms with Crippen molar-refractivity contribution < 1.29 is 0 Å². The van der Waals surface area contributed by atoms with Crippen molar-refractivity contribution in [2.75, 3.05) is 0 Å². The summed E-state index contributed by atoms with van der Waals surface area (Å²) in [5.74, 6) is 0.533. The molecule has 0 fully saturated rings. The first-order chi connectivity index (χ1) is 12.2.